The number of hydrogen-bond donors (Lipinski definition) is 0. The number of rotatable bonds is 5. The highest BCUT2D eigenvalue weighted by molar-refractivity contribution is 6.11. The topological polar surface area (TPSA) is 69.4 Å². The third kappa shape index (κ3) is 4.32. The highest BCUT2D eigenvalue weighted by Gasteiger charge is 2.24. The molecule has 0 saturated carbocycles. The zero-order valence-electron chi connectivity index (χ0n) is 15.0. The highest BCUT2D eigenvalue weighted by atomic mass is 19.2. The van der Waals surface area contributed by atoms with Crippen LogP contribution >= 0.6 is 0 Å². The van der Waals surface area contributed by atoms with Crippen molar-refractivity contribution in [2.24, 2.45) is 4.99 Å². The van der Waals surface area contributed by atoms with Gasteiger partial charge in [-0.3, -0.25) is 0 Å². The summed E-state index contributed by atoms with van der Waals surface area (Å²) in [6.07, 6.45) is 6.47. The van der Waals surface area contributed by atoms with Crippen molar-refractivity contribution in [1.29, 1.82) is 0 Å². The van der Waals surface area contributed by atoms with E-state index in [1.807, 2.05) is 30.3 Å². The zero-order chi connectivity index (χ0) is 20.2. The van der Waals surface area contributed by atoms with Crippen LogP contribution in [0.2, 0.25) is 0 Å². The van der Waals surface area contributed by atoms with Crippen LogP contribution < -0.4 is 0 Å². The molecule has 2 aromatic carbocycles. The van der Waals surface area contributed by atoms with Gasteiger partial charge >= 0.3 is 5.97 Å². The molecular weight excluding hydrogens is 378 g/mol. The van der Waals surface area contributed by atoms with E-state index in [2.05, 4.69) is 15.3 Å². The Kier molecular flexibility index (Phi) is 5.07. The van der Waals surface area contributed by atoms with Crippen LogP contribution in [0.5, 0.6) is 0 Å². The van der Waals surface area contributed by atoms with E-state index in [0.717, 1.165) is 17.7 Å². The van der Waals surface area contributed by atoms with Gasteiger partial charge in [-0.05, 0) is 35.9 Å². The van der Waals surface area contributed by atoms with E-state index >= 15 is 0 Å². The molecule has 8 heteroatoms. The lowest BCUT2D eigenvalue weighted by Crippen LogP contribution is -2.06. The first-order valence-electron chi connectivity index (χ1n) is 8.67. The average molecular weight is 392 g/mol. The summed E-state index contributed by atoms with van der Waals surface area (Å²) < 4.78 is 33.1. The van der Waals surface area contributed by atoms with E-state index in [1.54, 1.807) is 23.0 Å². The Morgan fingerprint density at radius 3 is 2.69 bits per heavy atom. The predicted octanol–water partition coefficient (Wildman–Crippen LogP) is 3.51. The number of carbonyl (C=O) groups is 1. The van der Waals surface area contributed by atoms with Gasteiger partial charge in [-0.2, -0.15) is 0 Å². The summed E-state index contributed by atoms with van der Waals surface area (Å²) in [6.45, 7) is 0.594. The first-order valence-corrected chi connectivity index (χ1v) is 8.67. The van der Waals surface area contributed by atoms with E-state index in [9.17, 15) is 13.6 Å². The second kappa shape index (κ2) is 7.97. The van der Waals surface area contributed by atoms with E-state index < -0.39 is 17.6 Å². The van der Waals surface area contributed by atoms with Crippen molar-refractivity contribution in [3.8, 4) is 0 Å². The number of cyclic esters (lactones) is 1. The standard InChI is InChI=1S/C21H14F2N4O2/c22-17-10-9-15(11-18(17)23)20-24-19(21(28)29-20)8-4-7-16-13-27(26-25-16)12-14-5-2-1-3-6-14/h1-11,13H,12H2/b7-4+,19-8+. The van der Waals surface area contributed by atoms with Crippen molar-refractivity contribution in [1.82, 2.24) is 15.0 Å². The van der Waals surface area contributed by atoms with Gasteiger partial charge in [0.1, 0.15) is 5.69 Å². The number of hydrogen-bond acceptors (Lipinski definition) is 5. The molecule has 0 spiro atoms. The maximum atomic E-state index is 13.3. The molecule has 4 rings (SSSR count). The molecule has 29 heavy (non-hydrogen) atoms. The van der Waals surface area contributed by atoms with E-state index in [0.29, 0.717) is 12.2 Å². The zero-order valence-corrected chi connectivity index (χ0v) is 15.0. The van der Waals surface area contributed by atoms with Crippen molar-refractivity contribution in [3.05, 3.63) is 101 Å². The summed E-state index contributed by atoms with van der Waals surface area (Å²) in [5.74, 6) is -2.79. The number of carbonyl (C=O) groups excluding carboxylic acids is 1. The minimum Gasteiger partial charge on any atom is -0.402 e. The predicted molar refractivity (Wildman–Crippen MR) is 102 cm³/mol. The quantitative estimate of drug-likeness (QED) is 0.492. The molecule has 0 fully saturated rings. The number of nitrogens with zero attached hydrogens (tertiary/aromatic N) is 4. The summed E-state index contributed by atoms with van der Waals surface area (Å²) in [5.41, 5.74) is 1.92. The molecule has 0 amide bonds. The summed E-state index contributed by atoms with van der Waals surface area (Å²) in [7, 11) is 0. The number of aromatic nitrogens is 3. The normalized spacial score (nSPS) is 15.2. The fourth-order valence-corrected chi connectivity index (χ4v) is 2.65. The molecule has 3 aromatic rings. The van der Waals surface area contributed by atoms with Crippen molar-refractivity contribution in [2.45, 2.75) is 6.54 Å². The second-order valence-electron chi connectivity index (χ2n) is 6.17. The lowest BCUT2D eigenvalue weighted by Gasteiger charge is -1.99. The first-order chi connectivity index (χ1) is 14.1. The van der Waals surface area contributed by atoms with E-state index in [1.165, 1.54) is 12.1 Å². The maximum Gasteiger partial charge on any atom is 0.363 e. The first kappa shape index (κ1) is 18.4. The van der Waals surface area contributed by atoms with Crippen molar-refractivity contribution >= 4 is 17.9 Å². The minimum absolute atomic E-state index is 0.0395. The number of benzene rings is 2. The molecule has 1 aliphatic rings. The van der Waals surface area contributed by atoms with Gasteiger partial charge in [-0.1, -0.05) is 41.6 Å². The highest BCUT2D eigenvalue weighted by Crippen LogP contribution is 2.18. The summed E-state index contributed by atoms with van der Waals surface area (Å²) in [6, 6.07) is 13.0. The Balaban J connectivity index is 1.45. The van der Waals surface area contributed by atoms with Crippen LogP contribution in [0.15, 0.2) is 77.6 Å². The largest absolute Gasteiger partial charge is 0.402 e. The van der Waals surface area contributed by atoms with Gasteiger partial charge in [0, 0.05) is 5.56 Å². The van der Waals surface area contributed by atoms with Crippen LogP contribution in [-0.2, 0) is 16.1 Å². The Labute approximate surface area is 164 Å². The molecule has 1 aliphatic heterocycles. The summed E-state index contributed by atoms with van der Waals surface area (Å²) >= 11 is 0. The van der Waals surface area contributed by atoms with Gasteiger partial charge in [0.2, 0.25) is 5.90 Å². The molecule has 0 unspecified atom stereocenters. The lowest BCUT2D eigenvalue weighted by molar-refractivity contribution is -0.130. The van der Waals surface area contributed by atoms with Crippen LogP contribution in [0.25, 0.3) is 6.08 Å². The average Bonchev–Trinajstić information content (AvgIpc) is 3.31. The minimum atomic E-state index is -1.04. The van der Waals surface area contributed by atoms with Gasteiger partial charge in [-0.15, -0.1) is 5.10 Å². The molecular formula is C21H14F2N4O2. The molecule has 0 radical (unpaired) electrons. The van der Waals surface area contributed by atoms with Crippen LogP contribution in [0.3, 0.4) is 0 Å². The van der Waals surface area contributed by atoms with E-state index in [4.69, 9.17) is 4.74 Å². The molecule has 1 aromatic heterocycles. The molecule has 0 aliphatic carbocycles. The van der Waals surface area contributed by atoms with Gasteiger partial charge in [0.25, 0.3) is 0 Å². The fraction of sp³-hybridized carbons (Fsp3) is 0.0476. The maximum absolute atomic E-state index is 13.3. The molecule has 0 N–H and O–H groups in total. The van der Waals surface area contributed by atoms with Crippen LogP contribution in [-0.4, -0.2) is 26.9 Å². The fourth-order valence-electron chi connectivity index (χ4n) is 2.65. The Bertz CT molecular complexity index is 1150. The van der Waals surface area contributed by atoms with Crippen molar-refractivity contribution in [2.75, 3.05) is 0 Å². The van der Waals surface area contributed by atoms with Crippen molar-refractivity contribution < 1.29 is 18.3 Å². The number of allylic oxidation sites excluding steroid dienone is 2. The SMILES string of the molecule is O=C1OC(c2ccc(F)c(F)c2)=N/C1=C/C=C/c1cn(Cc2ccccc2)nn1. The molecule has 0 saturated heterocycles. The van der Waals surface area contributed by atoms with Gasteiger partial charge < -0.3 is 4.74 Å². The number of aliphatic imine (C=N–C) groups is 1. The molecule has 6 nitrogen and oxygen atoms in total. The number of esters is 1. The van der Waals surface area contributed by atoms with Gasteiger partial charge in [0.15, 0.2) is 17.3 Å². The Morgan fingerprint density at radius 2 is 1.90 bits per heavy atom. The van der Waals surface area contributed by atoms with Gasteiger partial charge in [-0.25, -0.2) is 23.2 Å². The third-order valence-electron chi connectivity index (χ3n) is 4.05. The molecule has 2 heterocycles. The summed E-state index contributed by atoms with van der Waals surface area (Å²) in [5, 5.41) is 8.10. The molecule has 0 atom stereocenters. The Hall–Kier alpha value is -3.94. The monoisotopic (exact) mass is 392 g/mol. The number of ether oxygens (including phenoxy) is 1. The Morgan fingerprint density at radius 1 is 1.07 bits per heavy atom. The van der Waals surface area contributed by atoms with Crippen LogP contribution in [0.4, 0.5) is 8.78 Å². The van der Waals surface area contributed by atoms with Crippen molar-refractivity contribution in [3.63, 3.8) is 0 Å². The third-order valence-corrected chi connectivity index (χ3v) is 4.05. The summed E-state index contributed by atoms with van der Waals surface area (Å²) in [4.78, 5) is 15.9. The van der Waals surface area contributed by atoms with Gasteiger partial charge in [0.05, 0.1) is 12.7 Å². The molecule has 144 valence electrons. The lowest BCUT2D eigenvalue weighted by atomic mass is 10.2. The number of halogens is 2. The van der Waals surface area contributed by atoms with E-state index in [-0.39, 0.29) is 17.2 Å². The second-order valence-corrected chi connectivity index (χ2v) is 6.17. The smallest absolute Gasteiger partial charge is 0.363 e. The molecule has 0 bridgehead atoms. The van der Waals surface area contributed by atoms with Crippen LogP contribution in [0.1, 0.15) is 16.8 Å². The van der Waals surface area contributed by atoms with Crippen LogP contribution in [0, 0.1) is 11.6 Å².